The quantitative estimate of drug-likeness (QED) is 0.760. The lowest BCUT2D eigenvalue weighted by Gasteiger charge is -1.94. The molecule has 0 saturated carbocycles. The Bertz CT molecular complexity index is 456. The summed E-state index contributed by atoms with van der Waals surface area (Å²) in [6.45, 7) is 1.97. The molecule has 0 unspecified atom stereocenters. The molecule has 2 heterocycles. The van der Waals surface area contributed by atoms with E-state index in [0.717, 1.165) is 19.8 Å². The monoisotopic (exact) mass is 286 g/mol. The minimum Gasteiger partial charge on any atom is -0.289 e. The molecule has 72 valence electrons. The number of halogens is 1. The highest BCUT2D eigenvalue weighted by Crippen LogP contribution is 2.28. The van der Waals surface area contributed by atoms with E-state index in [9.17, 15) is 4.79 Å². The number of hydrogen-bond acceptors (Lipinski definition) is 3. The Morgan fingerprint density at radius 2 is 2.29 bits per heavy atom. The highest BCUT2D eigenvalue weighted by molar-refractivity contribution is 9.11. The number of hydrogen-bond donors (Lipinski definition) is 0. The van der Waals surface area contributed by atoms with Crippen LogP contribution >= 0.6 is 38.6 Å². The molecule has 0 saturated heterocycles. The van der Waals surface area contributed by atoms with Gasteiger partial charge >= 0.3 is 0 Å². The third-order valence-electron chi connectivity index (χ3n) is 1.92. The summed E-state index contributed by atoms with van der Waals surface area (Å²) in [4.78, 5) is 13.0. The Hall–Kier alpha value is -0.450. The molecule has 14 heavy (non-hydrogen) atoms. The van der Waals surface area contributed by atoms with Crippen LogP contribution in [0.15, 0.2) is 26.7 Å². The lowest BCUT2D eigenvalue weighted by atomic mass is 10.1. The molecule has 0 N–H and O–H groups in total. The molecule has 0 amide bonds. The second-order valence-corrected chi connectivity index (χ2v) is 6.28. The molecule has 0 aliphatic rings. The van der Waals surface area contributed by atoms with Crippen molar-refractivity contribution in [2.75, 3.05) is 0 Å². The summed E-state index contributed by atoms with van der Waals surface area (Å²) in [5.41, 5.74) is 1.59. The Kier molecular flexibility index (Phi) is 2.85. The molecule has 0 atom stereocenters. The molecular formula is C10H7BrOS2. The molecular weight excluding hydrogens is 280 g/mol. The second-order valence-electron chi connectivity index (χ2n) is 2.86. The van der Waals surface area contributed by atoms with Crippen molar-refractivity contribution in [2.45, 2.75) is 6.92 Å². The van der Waals surface area contributed by atoms with E-state index in [-0.39, 0.29) is 5.78 Å². The van der Waals surface area contributed by atoms with Gasteiger partial charge in [-0.3, -0.25) is 4.79 Å². The van der Waals surface area contributed by atoms with E-state index in [0.29, 0.717) is 0 Å². The first kappa shape index (κ1) is 10.1. The smallest absolute Gasteiger partial charge is 0.195 e. The molecule has 2 aromatic heterocycles. The summed E-state index contributed by atoms with van der Waals surface area (Å²) < 4.78 is 1.01. The predicted octanol–water partition coefficient (Wildman–Crippen LogP) is 4.11. The van der Waals surface area contributed by atoms with Gasteiger partial charge in [0.25, 0.3) is 0 Å². The average molecular weight is 287 g/mol. The van der Waals surface area contributed by atoms with Crippen molar-refractivity contribution in [3.05, 3.63) is 42.7 Å². The van der Waals surface area contributed by atoms with Gasteiger partial charge in [0.05, 0.1) is 3.79 Å². The van der Waals surface area contributed by atoms with Crippen LogP contribution in [0.4, 0.5) is 0 Å². The minimum absolute atomic E-state index is 0.116. The van der Waals surface area contributed by atoms with Gasteiger partial charge in [-0.1, -0.05) is 0 Å². The van der Waals surface area contributed by atoms with E-state index in [2.05, 4.69) is 15.9 Å². The maximum atomic E-state index is 11.9. The number of thiophene rings is 2. The van der Waals surface area contributed by atoms with Crippen molar-refractivity contribution in [2.24, 2.45) is 0 Å². The van der Waals surface area contributed by atoms with Crippen LogP contribution in [0.5, 0.6) is 0 Å². The third-order valence-corrected chi connectivity index (χ3v) is 4.15. The van der Waals surface area contributed by atoms with Crippen LogP contribution in [-0.4, -0.2) is 5.78 Å². The number of ketones is 1. The first-order valence-electron chi connectivity index (χ1n) is 4.01. The van der Waals surface area contributed by atoms with Crippen LogP contribution in [0.25, 0.3) is 0 Å². The van der Waals surface area contributed by atoms with Crippen LogP contribution < -0.4 is 0 Å². The van der Waals surface area contributed by atoms with E-state index in [1.54, 1.807) is 22.7 Å². The Morgan fingerprint density at radius 1 is 1.50 bits per heavy atom. The number of carbonyl (C=O) groups is 1. The van der Waals surface area contributed by atoms with E-state index in [1.807, 2.05) is 29.8 Å². The van der Waals surface area contributed by atoms with Crippen LogP contribution in [0.1, 0.15) is 20.8 Å². The third kappa shape index (κ3) is 1.82. The van der Waals surface area contributed by atoms with Crippen molar-refractivity contribution in [3.8, 4) is 0 Å². The van der Waals surface area contributed by atoms with Gasteiger partial charge in [-0.05, 0) is 40.4 Å². The van der Waals surface area contributed by atoms with Crippen LogP contribution in [-0.2, 0) is 0 Å². The molecule has 1 nitrogen and oxygen atoms in total. The summed E-state index contributed by atoms with van der Waals surface area (Å²) in [5.74, 6) is 0.116. The molecule has 0 radical (unpaired) electrons. The Balaban J connectivity index is 2.41. The van der Waals surface area contributed by atoms with Crippen LogP contribution in [0.2, 0.25) is 0 Å². The standard InChI is InChI=1S/C10H7BrOS2/c1-6-8(4-9(11)14-6)10(12)7-2-3-13-5-7/h2-5H,1H3. The summed E-state index contributed by atoms with van der Waals surface area (Å²) in [6, 6.07) is 3.75. The van der Waals surface area contributed by atoms with E-state index in [4.69, 9.17) is 0 Å². The molecule has 0 aliphatic heterocycles. The lowest BCUT2D eigenvalue weighted by Crippen LogP contribution is -1.98. The van der Waals surface area contributed by atoms with E-state index in [1.165, 1.54) is 0 Å². The summed E-state index contributed by atoms with van der Waals surface area (Å²) >= 11 is 6.52. The molecule has 2 aromatic rings. The van der Waals surface area contributed by atoms with Gasteiger partial charge < -0.3 is 0 Å². The fourth-order valence-corrected chi connectivity index (χ4v) is 3.54. The van der Waals surface area contributed by atoms with Gasteiger partial charge in [0, 0.05) is 21.4 Å². The van der Waals surface area contributed by atoms with Crippen molar-refractivity contribution in [1.29, 1.82) is 0 Å². The molecule has 0 fully saturated rings. The minimum atomic E-state index is 0.116. The Labute approximate surface area is 98.5 Å². The predicted molar refractivity (Wildman–Crippen MR) is 64.5 cm³/mol. The summed E-state index contributed by atoms with van der Waals surface area (Å²) in [7, 11) is 0. The molecule has 0 aliphatic carbocycles. The van der Waals surface area contributed by atoms with Gasteiger partial charge in [-0.25, -0.2) is 0 Å². The number of aryl methyl sites for hydroxylation is 1. The van der Waals surface area contributed by atoms with Gasteiger partial charge in [-0.2, -0.15) is 11.3 Å². The number of rotatable bonds is 2. The van der Waals surface area contributed by atoms with Gasteiger partial charge in [0.15, 0.2) is 5.78 Å². The van der Waals surface area contributed by atoms with Crippen LogP contribution in [0, 0.1) is 6.92 Å². The normalized spacial score (nSPS) is 10.4. The highest BCUT2D eigenvalue weighted by atomic mass is 79.9. The molecule has 0 bridgehead atoms. The molecule has 0 aromatic carbocycles. The molecule has 2 rings (SSSR count). The summed E-state index contributed by atoms with van der Waals surface area (Å²) in [6.07, 6.45) is 0. The number of carbonyl (C=O) groups excluding carboxylic acids is 1. The SMILES string of the molecule is Cc1sc(Br)cc1C(=O)c1ccsc1. The van der Waals surface area contributed by atoms with Crippen molar-refractivity contribution < 1.29 is 4.79 Å². The zero-order valence-corrected chi connectivity index (χ0v) is 10.6. The zero-order valence-electron chi connectivity index (χ0n) is 7.41. The maximum Gasteiger partial charge on any atom is 0.195 e. The van der Waals surface area contributed by atoms with Crippen molar-refractivity contribution in [1.82, 2.24) is 0 Å². The fourth-order valence-electron chi connectivity index (χ4n) is 1.22. The van der Waals surface area contributed by atoms with E-state index < -0.39 is 0 Å². The highest BCUT2D eigenvalue weighted by Gasteiger charge is 2.14. The van der Waals surface area contributed by atoms with Gasteiger partial charge in [0.2, 0.25) is 0 Å². The topological polar surface area (TPSA) is 17.1 Å². The summed E-state index contributed by atoms with van der Waals surface area (Å²) in [5, 5.41) is 3.80. The molecule has 4 heteroatoms. The lowest BCUT2D eigenvalue weighted by molar-refractivity contribution is 0.103. The van der Waals surface area contributed by atoms with E-state index >= 15 is 0 Å². The van der Waals surface area contributed by atoms with Crippen molar-refractivity contribution in [3.63, 3.8) is 0 Å². The molecule has 0 spiro atoms. The van der Waals surface area contributed by atoms with Crippen molar-refractivity contribution >= 4 is 44.4 Å². The second kappa shape index (κ2) is 3.96. The maximum absolute atomic E-state index is 11.9. The average Bonchev–Trinajstić information content (AvgIpc) is 2.73. The van der Waals surface area contributed by atoms with Gasteiger partial charge in [-0.15, -0.1) is 11.3 Å². The first-order chi connectivity index (χ1) is 6.68. The first-order valence-corrected chi connectivity index (χ1v) is 6.56. The van der Waals surface area contributed by atoms with Gasteiger partial charge in [0.1, 0.15) is 0 Å². The Morgan fingerprint density at radius 3 is 2.79 bits per heavy atom. The fraction of sp³-hybridized carbons (Fsp3) is 0.100. The zero-order chi connectivity index (χ0) is 10.1. The van der Waals surface area contributed by atoms with Crippen LogP contribution in [0.3, 0.4) is 0 Å². The largest absolute Gasteiger partial charge is 0.289 e.